The Kier molecular flexibility index (Phi) is 5.73. The first kappa shape index (κ1) is 15.2. The Morgan fingerprint density at radius 2 is 2.10 bits per heavy atom. The molecule has 0 saturated carbocycles. The van der Waals surface area contributed by atoms with Crippen molar-refractivity contribution in [3.05, 3.63) is 29.8 Å². The molecule has 0 aliphatic carbocycles. The van der Waals surface area contributed by atoms with Gasteiger partial charge in [-0.1, -0.05) is 12.1 Å². The molecule has 1 N–H and O–H groups in total. The van der Waals surface area contributed by atoms with Gasteiger partial charge in [-0.3, -0.25) is 0 Å². The highest BCUT2D eigenvalue weighted by Gasteiger charge is 2.16. The molecular formula is C15H22F2N2O. The Labute approximate surface area is 118 Å². The number of piperidine rings is 1. The van der Waals surface area contributed by atoms with Gasteiger partial charge in [0.2, 0.25) is 0 Å². The van der Waals surface area contributed by atoms with Crippen molar-refractivity contribution in [2.45, 2.75) is 26.0 Å². The number of nitrogens with zero attached hydrogens (tertiary/aromatic N) is 1. The summed E-state index contributed by atoms with van der Waals surface area (Å²) in [5.41, 5.74) is 1.08. The van der Waals surface area contributed by atoms with Gasteiger partial charge in [0.15, 0.2) is 0 Å². The summed E-state index contributed by atoms with van der Waals surface area (Å²) >= 11 is 0. The lowest BCUT2D eigenvalue weighted by Gasteiger charge is -2.29. The van der Waals surface area contributed by atoms with E-state index in [9.17, 15) is 8.78 Å². The monoisotopic (exact) mass is 284 g/mol. The summed E-state index contributed by atoms with van der Waals surface area (Å²) in [4.78, 5) is 2.37. The number of hydrogen-bond donors (Lipinski definition) is 1. The van der Waals surface area contributed by atoms with Crippen LogP contribution in [0.3, 0.4) is 0 Å². The van der Waals surface area contributed by atoms with Gasteiger partial charge in [-0.15, -0.1) is 0 Å². The molecule has 112 valence electrons. The van der Waals surface area contributed by atoms with Crippen LogP contribution in [0.1, 0.15) is 18.4 Å². The third-order valence-corrected chi connectivity index (χ3v) is 3.63. The lowest BCUT2D eigenvalue weighted by atomic mass is 9.98. The first-order valence-corrected chi connectivity index (χ1v) is 7.06. The van der Waals surface area contributed by atoms with Gasteiger partial charge in [-0.25, -0.2) is 0 Å². The number of alkyl halides is 2. The predicted octanol–water partition coefficient (Wildman–Crippen LogP) is 2.72. The SMILES string of the molecule is CN1CCCC(CNCc2ccc(OC(F)F)cc2)C1. The average molecular weight is 284 g/mol. The van der Waals surface area contributed by atoms with Crippen molar-refractivity contribution < 1.29 is 13.5 Å². The average Bonchev–Trinajstić information content (AvgIpc) is 2.40. The largest absolute Gasteiger partial charge is 0.435 e. The Bertz CT molecular complexity index is 397. The third-order valence-electron chi connectivity index (χ3n) is 3.63. The zero-order valence-corrected chi connectivity index (χ0v) is 11.8. The van der Waals surface area contributed by atoms with Crippen molar-refractivity contribution in [3.8, 4) is 5.75 Å². The lowest BCUT2D eigenvalue weighted by Crippen LogP contribution is -2.37. The summed E-state index contributed by atoms with van der Waals surface area (Å²) in [6.45, 7) is 1.34. The Morgan fingerprint density at radius 3 is 2.75 bits per heavy atom. The fourth-order valence-corrected chi connectivity index (χ4v) is 2.65. The first-order valence-electron chi connectivity index (χ1n) is 7.06. The van der Waals surface area contributed by atoms with E-state index < -0.39 is 6.61 Å². The molecule has 1 unspecified atom stereocenters. The van der Waals surface area contributed by atoms with Crippen molar-refractivity contribution in [1.29, 1.82) is 0 Å². The summed E-state index contributed by atoms with van der Waals surface area (Å²) in [7, 11) is 2.16. The molecular weight excluding hydrogens is 262 g/mol. The van der Waals surface area contributed by atoms with Crippen molar-refractivity contribution in [2.24, 2.45) is 5.92 Å². The minimum absolute atomic E-state index is 0.206. The molecule has 1 aromatic carbocycles. The van der Waals surface area contributed by atoms with Crippen molar-refractivity contribution in [1.82, 2.24) is 10.2 Å². The fraction of sp³-hybridized carbons (Fsp3) is 0.600. The maximum absolute atomic E-state index is 12.0. The topological polar surface area (TPSA) is 24.5 Å². The zero-order valence-electron chi connectivity index (χ0n) is 11.8. The molecule has 1 heterocycles. The van der Waals surface area contributed by atoms with Gasteiger partial charge in [0.25, 0.3) is 0 Å². The molecule has 1 aliphatic heterocycles. The smallest absolute Gasteiger partial charge is 0.387 e. The highest BCUT2D eigenvalue weighted by molar-refractivity contribution is 5.27. The minimum Gasteiger partial charge on any atom is -0.435 e. The maximum Gasteiger partial charge on any atom is 0.387 e. The van der Waals surface area contributed by atoms with E-state index in [1.807, 2.05) is 12.1 Å². The number of hydrogen-bond acceptors (Lipinski definition) is 3. The Hall–Kier alpha value is -1.20. The molecule has 0 bridgehead atoms. The number of benzene rings is 1. The van der Waals surface area contributed by atoms with E-state index in [1.54, 1.807) is 12.1 Å². The normalized spacial score (nSPS) is 20.3. The number of rotatable bonds is 6. The van der Waals surface area contributed by atoms with Gasteiger partial charge >= 0.3 is 6.61 Å². The molecule has 5 heteroatoms. The minimum atomic E-state index is -2.76. The van der Waals surface area contributed by atoms with Gasteiger partial charge in [0.05, 0.1) is 0 Å². The van der Waals surface area contributed by atoms with E-state index in [1.165, 1.54) is 19.4 Å². The molecule has 0 radical (unpaired) electrons. The first-order chi connectivity index (χ1) is 9.63. The van der Waals surface area contributed by atoms with E-state index >= 15 is 0 Å². The fourth-order valence-electron chi connectivity index (χ4n) is 2.65. The summed E-state index contributed by atoms with van der Waals surface area (Å²) in [5.74, 6) is 0.910. The maximum atomic E-state index is 12.0. The molecule has 2 rings (SSSR count). The van der Waals surface area contributed by atoms with Crippen LogP contribution in [0.15, 0.2) is 24.3 Å². The molecule has 1 atom stereocenters. The summed E-state index contributed by atoms with van der Waals surface area (Å²) in [6, 6.07) is 6.80. The molecule has 1 aromatic rings. The Morgan fingerprint density at radius 1 is 1.35 bits per heavy atom. The number of likely N-dealkylation sites (tertiary alicyclic amines) is 1. The van der Waals surface area contributed by atoms with Crippen molar-refractivity contribution >= 4 is 0 Å². The second-order valence-corrected chi connectivity index (χ2v) is 5.42. The van der Waals surface area contributed by atoms with Crippen LogP contribution in [0.5, 0.6) is 5.75 Å². The standard InChI is InChI=1S/C15H22F2N2O/c1-19-8-2-3-13(11-19)10-18-9-12-4-6-14(7-5-12)20-15(16)17/h4-7,13,15,18H,2-3,8-11H2,1H3. The predicted molar refractivity (Wildman–Crippen MR) is 75.0 cm³/mol. The van der Waals surface area contributed by atoms with E-state index in [2.05, 4.69) is 22.0 Å². The van der Waals surface area contributed by atoms with Gasteiger partial charge < -0.3 is 15.0 Å². The van der Waals surface area contributed by atoms with Crippen LogP contribution in [-0.4, -0.2) is 38.2 Å². The van der Waals surface area contributed by atoms with Crippen LogP contribution in [0.4, 0.5) is 8.78 Å². The van der Waals surface area contributed by atoms with E-state index in [0.717, 1.165) is 25.2 Å². The lowest BCUT2D eigenvalue weighted by molar-refractivity contribution is -0.0498. The summed E-state index contributed by atoms with van der Waals surface area (Å²) in [6.07, 6.45) is 2.54. The molecule has 0 aromatic heterocycles. The van der Waals surface area contributed by atoms with Crippen LogP contribution in [0, 0.1) is 5.92 Å². The second kappa shape index (κ2) is 7.55. The van der Waals surface area contributed by atoms with E-state index in [0.29, 0.717) is 5.92 Å². The molecule has 0 amide bonds. The van der Waals surface area contributed by atoms with Crippen LogP contribution < -0.4 is 10.1 Å². The molecule has 0 spiro atoms. The highest BCUT2D eigenvalue weighted by atomic mass is 19.3. The Balaban J connectivity index is 1.71. The second-order valence-electron chi connectivity index (χ2n) is 5.42. The van der Waals surface area contributed by atoms with Gasteiger partial charge in [0.1, 0.15) is 5.75 Å². The van der Waals surface area contributed by atoms with Crippen LogP contribution in [0.25, 0.3) is 0 Å². The quantitative estimate of drug-likeness (QED) is 0.869. The van der Waals surface area contributed by atoms with Gasteiger partial charge in [0, 0.05) is 13.1 Å². The van der Waals surface area contributed by atoms with Crippen LogP contribution in [-0.2, 0) is 6.54 Å². The third kappa shape index (κ3) is 5.06. The van der Waals surface area contributed by atoms with Crippen LogP contribution >= 0.6 is 0 Å². The molecule has 1 fully saturated rings. The number of halogens is 2. The van der Waals surface area contributed by atoms with E-state index in [4.69, 9.17) is 0 Å². The summed E-state index contributed by atoms with van der Waals surface area (Å²) < 4.78 is 28.4. The number of ether oxygens (including phenoxy) is 1. The number of nitrogens with one attached hydrogen (secondary N) is 1. The van der Waals surface area contributed by atoms with E-state index in [-0.39, 0.29) is 5.75 Å². The van der Waals surface area contributed by atoms with Crippen molar-refractivity contribution in [2.75, 3.05) is 26.7 Å². The molecule has 3 nitrogen and oxygen atoms in total. The zero-order chi connectivity index (χ0) is 14.4. The van der Waals surface area contributed by atoms with Crippen molar-refractivity contribution in [3.63, 3.8) is 0 Å². The highest BCUT2D eigenvalue weighted by Crippen LogP contribution is 2.16. The summed E-state index contributed by atoms with van der Waals surface area (Å²) in [5, 5.41) is 3.44. The molecule has 20 heavy (non-hydrogen) atoms. The van der Waals surface area contributed by atoms with Gasteiger partial charge in [-0.2, -0.15) is 8.78 Å². The molecule has 1 aliphatic rings. The van der Waals surface area contributed by atoms with Crippen LogP contribution in [0.2, 0.25) is 0 Å². The van der Waals surface area contributed by atoms with Gasteiger partial charge in [-0.05, 0) is 56.6 Å². The molecule has 1 saturated heterocycles.